The smallest absolute Gasteiger partial charge is 0.256 e. The zero-order chi connectivity index (χ0) is 22.6. The first-order chi connectivity index (χ1) is 14.6. The van der Waals surface area contributed by atoms with Crippen LogP contribution >= 0.6 is 0 Å². The van der Waals surface area contributed by atoms with Crippen molar-refractivity contribution in [2.75, 3.05) is 44.2 Å². The van der Waals surface area contributed by atoms with Crippen molar-refractivity contribution in [3.05, 3.63) is 29.8 Å². The lowest BCUT2D eigenvalue weighted by atomic mass is 9.91. The van der Waals surface area contributed by atoms with E-state index in [9.17, 15) is 14.4 Å². The van der Waals surface area contributed by atoms with Gasteiger partial charge in [0.15, 0.2) is 0 Å². The molecule has 2 aliphatic heterocycles. The zero-order valence-electron chi connectivity index (χ0n) is 19.3. The number of benzene rings is 1. The third kappa shape index (κ3) is 6.21. The Hall–Kier alpha value is -2.57. The SMILES string of the molecule is CC(=O)N1CCN(C(=O)c2ccccc2N2CCC(NC(=O)CC(C)(C)C)CC2)CC1. The van der Waals surface area contributed by atoms with Crippen LogP contribution < -0.4 is 10.2 Å². The van der Waals surface area contributed by atoms with Gasteiger partial charge in [0.1, 0.15) is 0 Å². The summed E-state index contributed by atoms with van der Waals surface area (Å²) in [6.07, 6.45) is 2.27. The largest absolute Gasteiger partial charge is 0.371 e. The summed E-state index contributed by atoms with van der Waals surface area (Å²) in [7, 11) is 0. The average Bonchev–Trinajstić information content (AvgIpc) is 2.72. The second-order valence-corrected chi connectivity index (χ2v) is 9.88. The van der Waals surface area contributed by atoms with Crippen LogP contribution in [0.3, 0.4) is 0 Å². The normalized spacial score (nSPS) is 18.1. The third-order valence-corrected chi connectivity index (χ3v) is 6.04. The molecule has 0 unspecified atom stereocenters. The molecule has 2 fully saturated rings. The quantitative estimate of drug-likeness (QED) is 0.800. The maximum Gasteiger partial charge on any atom is 0.256 e. The van der Waals surface area contributed by atoms with Crippen molar-refractivity contribution in [1.29, 1.82) is 0 Å². The van der Waals surface area contributed by atoms with Crippen LogP contribution in [0.15, 0.2) is 24.3 Å². The molecule has 0 aromatic heterocycles. The van der Waals surface area contributed by atoms with Gasteiger partial charge in [-0.3, -0.25) is 14.4 Å². The number of hydrogen-bond acceptors (Lipinski definition) is 4. The Labute approximate surface area is 185 Å². The summed E-state index contributed by atoms with van der Waals surface area (Å²) >= 11 is 0. The van der Waals surface area contributed by atoms with Gasteiger partial charge in [0.05, 0.1) is 5.56 Å². The number of amides is 3. The van der Waals surface area contributed by atoms with E-state index in [2.05, 4.69) is 31.0 Å². The molecule has 0 aliphatic carbocycles. The Balaban J connectivity index is 1.59. The molecule has 0 spiro atoms. The van der Waals surface area contributed by atoms with Crippen LogP contribution in [0, 0.1) is 5.41 Å². The Bertz CT molecular complexity index is 801. The third-order valence-electron chi connectivity index (χ3n) is 6.04. The van der Waals surface area contributed by atoms with Crippen LogP contribution in [-0.4, -0.2) is 72.8 Å². The van der Waals surface area contributed by atoms with Gasteiger partial charge in [0, 0.05) is 64.3 Å². The minimum atomic E-state index is -0.0139. The van der Waals surface area contributed by atoms with E-state index >= 15 is 0 Å². The van der Waals surface area contributed by atoms with Crippen LogP contribution in [0.25, 0.3) is 0 Å². The number of carbonyl (C=O) groups excluding carboxylic acids is 3. The van der Waals surface area contributed by atoms with E-state index in [1.54, 1.807) is 11.8 Å². The van der Waals surface area contributed by atoms with E-state index in [1.807, 2.05) is 29.2 Å². The minimum absolute atomic E-state index is 0.0139. The topological polar surface area (TPSA) is 73.0 Å². The molecule has 2 heterocycles. The molecular formula is C24H36N4O3. The molecule has 7 heteroatoms. The highest BCUT2D eigenvalue weighted by molar-refractivity contribution is 6.00. The van der Waals surface area contributed by atoms with Crippen molar-refractivity contribution in [3.63, 3.8) is 0 Å². The van der Waals surface area contributed by atoms with Gasteiger partial charge < -0.3 is 20.0 Å². The van der Waals surface area contributed by atoms with E-state index in [0.29, 0.717) is 38.2 Å². The predicted octanol–water partition coefficient (Wildman–Crippen LogP) is 2.51. The highest BCUT2D eigenvalue weighted by Crippen LogP contribution is 2.26. The molecule has 0 bridgehead atoms. The predicted molar refractivity (Wildman–Crippen MR) is 122 cm³/mol. The highest BCUT2D eigenvalue weighted by atomic mass is 16.2. The van der Waals surface area contributed by atoms with Crippen LogP contribution in [0.2, 0.25) is 0 Å². The molecule has 3 rings (SSSR count). The fraction of sp³-hybridized carbons (Fsp3) is 0.625. The van der Waals surface area contributed by atoms with E-state index in [-0.39, 0.29) is 29.2 Å². The fourth-order valence-electron chi connectivity index (χ4n) is 4.35. The summed E-state index contributed by atoms with van der Waals surface area (Å²) < 4.78 is 0. The molecule has 2 aliphatic rings. The van der Waals surface area contributed by atoms with E-state index in [1.165, 1.54) is 0 Å². The zero-order valence-corrected chi connectivity index (χ0v) is 19.3. The van der Waals surface area contributed by atoms with Gasteiger partial charge in [-0.2, -0.15) is 0 Å². The average molecular weight is 429 g/mol. The first-order valence-electron chi connectivity index (χ1n) is 11.3. The molecule has 1 aromatic rings. The van der Waals surface area contributed by atoms with E-state index in [0.717, 1.165) is 31.6 Å². The van der Waals surface area contributed by atoms with Gasteiger partial charge in [-0.25, -0.2) is 0 Å². The summed E-state index contributed by atoms with van der Waals surface area (Å²) in [4.78, 5) is 42.9. The first kappa shape index (κ1) is 23.1. The molecule has 170 valence electrons. The van der Waals surface area contributed by atoms with Crippen molar-refractivity contribution in [1.82, 2.24) is 15.1 Å². The second-order valence-electron chi connectivity index (χ2n) is 9.88. The Morgan fingerprint density at radius 3 is 2.10 bits per heavy atom. The number of carbonyl (C=O) groups is 3. The maximum absolute atomic E-state index is 13.2. The summed E-state index contributed by atoms with van der Waals surface area (Å²) in [5.41, 5.74) is 1.66. The first-order valence-corrected chi connectivity index (χ1v) is 11.3. The summed E-state index contributed by atoms with van der Waals surface area (Å²) in [5.74, 6) is 0.204. The van der Waals surface area contributed by atoms with Gasteiger partial charge in [-0.15, -0.1) is 0 Å². The molecule has 7 nitrogen and oxygen atoms in total. The molecule has 1 aromatic carbocycles. The minimum Gasteiger partial charge on any atom is -0.371 e. The molecule has 31 heavy (non-hydrogen) atoms. The number of hydrogen-bond donors (Lipinski definition) is 1. The number of nitrogens with one attached hydrogen (secondary N) is 1. The van der Waals surface area contributed by atoms with Crippen molar-refractivity contribution in [3.8, 4) is 0 Å². The Kier molecular flexibility index (Phi) is 7.23. The number of anilines is 1. The van der Waals surface area contributed by atoms with Gasteiger partial charge in [-0.05, 0) is 30.4 Å². The lowest BCUT2D eigenvalue weighted by Gasteiger charge is -2.37. The number of piperazine rings is 1. The van der Waals surface area contributed by atoms with Crippen LogP contribution in [-0.2, 0) is 9.59 Å². The van der Waals surface area contributed by atoms with Crippen LogP contribution in [0.5, 0.6) is 0 Å². The van der Waals surface area contributed by atoms with Gasteiger partial charge in [0.2, 0.25) is 11.8 Å². The van der Waals surface area contributed by atoms with Gasteiger partial charge in [-0.1, -0.05) is 32.9 Å². The van der Waals surface area contributed by atoms with Crippen molar-refractivity contribution >= 4 is 23.4 Å². The second kappa shape index (κ2) is 9.71. The van der Waals surface area contributed by atoms with E-state index < -0.39 is 0 Å². The highest BCUT2D eigenvalue weighted by Gasteiger charge is 2.28. The number of rotatable bonds is 4. The van der Waals surface area contributed by atoms with Crippen molar-refractivity contribution in [2.45, 2.75) is 53.0 Å². The summed E-state index contributed by atoms with van der Waals surface area (Å²) in [6.45, 7) is 11.7. The van der Waals surface area contributed by atoms with E-state index in [4.69, 9.17) is 0 Å². The Morgan fingerprint density at radius 1 is 0.935 bits per heavy atom. The Morgan fingerprint density at radius 2 is 1.52 bits per heavy atom. The molecule has 3 amide bonds. The number of nitrogens with zero attached hydrogens (tertiary/aromatic N) is 3. The molecule has 0 atom stereocenters. The van der Waals surface area contributed by atoms with Crippen LogP contribution in [0.4, 0.5) is 5.69 Å². The van der Waals surface area contributed by atoms with Gasteiger partial charge >= 0.3 is 0 Å². The van der Waals surface area contributed by atoms with Crippen LogP contribution in [0.1, 0.15) is 57.3 Å². The molecule has 2 saturated heterocycles. The lowest BCUT2D eigenvalue weighted by molar-refractivity contribution is -0.130. The van der Waals surface area contributed by atoms with Crippen molar-refractivity contribution < 1.29 is 14.4 Å². The maximum atomic E-state index is 13.2. The standard InChI is InChI=1S/C24H36N4O3/c1-18(29)26-13-15-28(16-14-26)23(31)20-7-5-6-8-21(20)27-11-9-19(10-12-27)25-22(30)17-24(2,3)4/h5-8,19H,9-17H2,1-4H3,(H,25,30). The fourth-order valence-corrected chi connectivity index (χ4v) is 4.35. The monoisotopic (exact) mass is 428 g/mol. The molecule has 0 radical (unpaired) electrons. The van der Waals surface area contributed by atoms with Gasteiger partial charge in [0.25, 0.3) is 5.91 Å². The lowest BCUT2D eigenvalue weighted by Crippen LogP contribution is -2.50. The summed E-state index contributed by atoms with van der Waals surface area (Å²) in [5, 5.41) is 3.18. The molecular weight excluding hydrogens is 392 g/mol. The number of piperidine rings is 1. The molecule has 0 saturated carbocycles. The van der Waals surface area contributed by atoms with Crippen molar-refractivity contribution in [2.24, 2.45) is 5.41 Å². The summed E-state index contributed by atoms with van der Waals surface area (Å²) in [6, 6.07) is 7.97. The molecule has 1 N–H and O–H groups in total. The number of para-hydroxylation sites is 1.